The van der Waals surface area contributed by atoms with E-state index in [1.54, 1.807) is 12.1 Å². The average molecular weight is 297 g/mol. The minimum Gasteiger partial charge on any atom is -0.508 e. The van der Waals surface area contributed by atoms with Gasteiger partial charge in [0.1, 0.15) is 5.75 Å². The van der Waals surface area contributed by atoms with Gasteiger partial charge in [0, 0.05) is 12.8 Å². The Morgan fingerprint density at radius 2 is 1.86 bits per heavy atom. The first kappa shape index (κ1) is 14.6. The maximum Gasteiger partial charge on any atom is 0.220 e. The summed E-state index contributed by atoms with van der Waals surface area (Å²) in [7, 11) is 0. The van der Waals surface area contributed by atoms with Gasteiger partial charge in [-0.3, -0.25) is 4.79 Å². The van der Waals surface area contributed by atoms with Crippen molar-refractivity contribution in [3.05, 3.63) is 65.2 Å². The Bertz CT molecular complexity index is 666. The van der Waals surface area contributed by atoms with E-state index < -0.39 is 6.10 Å². The second-order valence-corrected chi connectivity index (χ2v) is 5.68. The van der Waals surface area contributed by atoms with E-state index in [0.29, 0.717) is 19.3 Å². The molecule has 0 fully saturated rings. The fourth-order valence-electron chi connectivity index (χ4n) is 2.91. The summed E-state index contributed by atoms with van der Waals surface area (Å²) in [5, 5.41) is 22.3. The Morgan fingerprint density at radius 3 is 2.64 bits per heavy atom. The quantitative estimate of drug-likeness (QED) is 0.809. The van der Waals surface area contributed by atoms with Gasteiger partial charge >= 0.3 is 0 Å². The molecule has 4 nitrogen and oxygen atoms in total. The third-order valence-electron chi connectivity index (χ3n) is 4.10. The molecule has 0 bridgehead atoms. The predicted molar refractivity (Wildman–Crippen MR) is 83.5 cm³/mol. The number of aliphatic hydroxyl groups excluding tert-OH is 1. The highest BCUT2D eigenvalue weighted by molar-refractivity contribution is 5.77. The van der Waals surface area contributed by atoms with Crippen molar-refractivity contribution in [1.82, 2.24) is 5.32 Å². The smallest absolute Gasteiger partial charge is 0.220 e. The number of hydrogen-bond acceptors (Lipinski definition) is 3. The summed E-state index contributed by atoms with van der Waals surface area (Å²) in [6.07, 6.45) is 0.987. The summed E-state index contributed by atoms with van der Waals surface area (Å²) in [6.45, 7) is 0. The molecule has 0 aliphatic heterocycles. The van der Waals surface area contributed by atoms with Crippen molar-refractivity contribution in [2.24, 2.45) is 0 Å². The molecule has 0 radical (unpaired) electrons. The molecule has 22 heavy (non-hydrogen) atoms. The van der Waals surface area contributed by atoms with E-state index in [-0.39, 0.29) is 17.7 Å². The number of rotatable bonds is 4. The van der Waals surface area contributed by atoms with Gasteiger partial charge in [0.2, 0.25) is 5.91 Å². The van der Waals surface area contributed by atoms with Gasteiger partial charge < -0.3 is 15.5 Å². The number of aryl methyl sites for hydroxylation is 1. The predicted octanol–water partition coefficient (Wildman–Crippen LogP) is 2.10. The summed E-state index contributed by atoms with van der Waals surface area (Å²) >= 11 is 0. The van der Waals surface area contributed by atoms with Gasteiger partial charge in [-0.1, -0.05) is 36.4 Å². The molecule has 0 spiro atoms. The zero-order valence-corrected chi connectivity index (χ0v) is 12.2. The molecule has 0 saturated carbocycles. The van der Waals surface area contributed by atoms with Crippen molar-refractivity contribution in [3.63, 3.8) is 0 Å². The molecule has 2 atom stereocenters. The number of aliphatic hydroxyl groups is 1. The summed E-state index contributed by atoms with van der Waals surface area (Å²) in [5.74, 6) is 0.146. The Balaban J connectivity index is 1.59. The lowest BCUT2D eigenvalue weighted by atomic mass is 10.1. The van der Waals surface area contributed by atoms with Crippen LogP contribution in [0.5, 0.6) is 5.75 Å². The van der Waals surface area contributed by atoms with Gasteiger partial charge in [-0.2, -0.15) is 0 Å². The number of benzene rings is 2. The second-order valence-electron chi connectivity index (χ2n) is 5.68. The van der Waals surface area contributed by atoms with Crippen LogP contribution >= 0.6 is 0 Å². The van der Waals surface area contributed by atoms with Crippen molar-refractivity contribution < 1.29 is 15.0 Å². The molecule has 4 heteroatoms. The Kier molecular flexibility index (Phi) is 4.11. The second kappa shape index (κ2) is 6.20. The maximum absolute atomic E-state index is 12.1. The van der Waals surface area contributed by atoms with Crippen molar-refractivity contribution in [1.29, 1.82) is 0 Å². The normalized spacial score (nSPS) is 19.7. The molecule has 0 heterocycles. The summed E-state index contributed by atoms with van der Waals surface area (Å²) in [6, 6.07) is 14.3. The van der Waals surface area contributed by atoms with Gasteiger partial charge in [0.05, 0.1) is 12.1 Å². The van der Waals surface area contributed by atoms with E-state index >= 15 is 0 Å². The molecular formula is C18H19NO3. The zero-order valence-electron chi connectivity index (χ0n) is 12.2. The Labute approximate surface area is 129 Å². The number of carbonyl (C=O) groups excluding carboxylic acids is 1. The topological polar surface area (TPSA) is 69.6 Å². The van der Waals surface area contributed by atoms with E-state index in [1.165, 1.54) is 0 Å². The summed E-state index contributed by atoms with van der Waals surface area (Å²) in [5.41, 5.74) is 3.10. The van der Waals surface area contributed by atoms with Gasteiger partial charge in [-0.25, -0.2) is 0 Å². The Morgan fingerprint density at radius 1 is 1.14 bits per heavy atom. The molecule has 3 N–H and O–H groups in total. The van der Waals surface area contributed by atoms with Crippen LogP contribution in [0.1, 0.15) is 29.2 Å². The van der Waals surface area contributed by atoms with Crippen molar-refractivity contribution >= 4 is 5.91 Å². The van der Waals surface area contributed by atoms with Crippen molar-refractivity contribution in [2.45, 2.75) is 31.4 Å². The van der Waals surface area contributed by atoms with Gasteiger partial charge in [0.15, 0.2) is 0 Å². The molecule has 0 aromatic heterocycles. The molecule has 2 aromatic rings. The molecular weight excluding hydrogens is 278 g/mol. The Hall–Kier alpha value is -2.33. The standard InChI is InChI=1S/C18H19NO3/c20-14-8-5-12(6-9-14)7-10-17(22)19-18-15-4-2-1-3-13(15)11-16(18)21/h1-6,8-9,16,18,20-21H,7,10-11H2,(H,19,22)/t16-,18+/m0/s1. The lowest BCUT2D eigenvalue weighted by molar-refractivity contribution is -0.122. The van der Waals surface area contributed by atoms with Gasteiger partial charge in [-0.05, 0) is 35.2 Å². The van der Waals surface area contributed by atoms with Crippen LogP contribution in [0.2, 0.25) is 0 Å². The first-order valence-electron chi connectivity index (χ1n) is 7.46. The third kappa shape index (κ3) is 3.12. The fourth-order valence-corrected chi connectivity index (χ4v) is 2.91. The van der Waals surface area contributed by atoms with Crippen LogP contribution in [0.25, 0.3) is 0 Å². The third-order valence-corrected chi connectivity index (χ3v) is 4.10. The molecule has 3 rings (SSSR count). The van der Waals surface area contributed by atoms with E-state index in [4.69, 9.17) is 0 Å². The monoisotopic (exact) mass is 297 g/mol. The summed E-state index contributed by atoms with van der Waals surface area (Å²) in [4.78, 5) is 12.1. The highest BCUT2D eigenvalue weighted by Gasteiger charge is 2.31. The largest absolute Gasteiger partial charge is 0.508 e. The van der Waals surface area contributed by atoms with E-state index in [2.05, 4.69) is 5.32 Å². The first-order chi connectivity index (χ1) is 10.6. The number of phenolic OH excluding ortho intramolecular Hbond substituents is 1. The lowest BCUT2D eigenvalue weighted by Gasteiger charge is -2.18. The van der Waals surface area contributed by atoms with Crippen LogP contribution in [-0.4, -0.2) is 22.2 Å². The van der Waals surface area contributed by atoms with Crippen LogP contribution < -0.4 is 5.32 Å². The molecule has 1 aliphatic rings. The number of aromatic hydroxyl groups is 1. The highest BCUT2D eigenvalue weighted by Crippen LogP contribution is 2.31. The first-order valence-corrected chi connectivity index (χ1v) is 7.46. The lowest BCUT2D eigenvalue weighted by Crippen LogP contribution is -2.33. The maximum atomic E-state index is 12.1. The van der Waals surface area contributed by atoms with Gasteiger partial charge in [0.25, 0.3) is 0 Å². The fraction of sp³-hybridized carbons (Fsp3) is 0.278. The number of nitrogens with one attached hydrogen (secondary N) is 1. The molecule has 0 saturated heterocycles. The van der Waals surface area contributed by atoms with Gasteiger partial charge in [-0.15, -0.1) is 0 Å². The van der Waals surface area contributed by atoms with Crippen LogP contribution in [0, 0.1) is 0 Å². The number of hydrogen-bond donors (Lipinski definition) is 3. The van der Waals surface area contributed by atoms with Crippen LogP contribution in [0.4, 0.5) is 0 Å². The number of carbonyl (C=O) groups is 1. The number of phenols is 1. The molecule has 114 valence electrons. The molecule has 1 aliphatic carbocycles. The highest BCUT2D eigenvalue weighted by atomic mass is 16.3. The minimum atomic E-state index is -0.560. The molecule has 1 amide bonds. The van der Waals surface area contributed by atoms with Crippen LogP contribution in [0.15, 0.2) is 48.5 Å². The SMILES string of the molecule is O=C(CCc1ccc(O)cc1)N[C@@H]1c2ccccc2C[C@@H]1O. The van der Waals surface area contributed by atoms with Crippen molar-refractivity contribution in [3.8, 4) is 5.75 Å². The zero-order chi connectivity index (χ0) is 15.5. The minimum absolute atomic E-state index is 0.0752. The van der Waals surface area contributed by atoms with Crippen LogP contribution in [-0.2, 0) is 17.6 Å². The molecule has 0 unspecified atom stereocenters. The van der Waals surface area contributed by atoms with E-state index in [0.717, 1.165) is 16.7 Å². The molecule has 2 aromatic carbocycles. The average Bonchev–Trinajstić information content (AvgIpc) is 2.83. The van der Waals surface area contributed by atoms with E-state index in [9.17, 15) is 15.0 Å². The van der Waals surface area contributed by atoms with E-state index in [1.807, 2.05) is 36.4 Å². The van der Waals surface area contributed by atoms with Crippen molar-refractivity contribution in [2.75, 3.05) is 0 Å². The number of amides is 1. The summed E-state index contributed by atoms with van der Waals surface area (Å²) < 4.78 is 0. The number of fused-ring (bicyclic) bond motifs is 1. The van der Waals surface area contributed by atoms with Crippen LogP contribution in [0.3, 0.4) is 0 Å².